The number of carbonyl (C=O) groups is 2. The molecule has 1 aromatic heterocycles. The maximum absolute atomic E-state index is 13.9. The van der Waals surface area contributed by atoms with Crippen LogP contribution < -0.4 is 10.6 Å². The highest BCUT2D eigenvalue weighted by molar-refractivity contribution is 6.35. The van der Waals surface area contributed by atoms with Crippen LogP contribution in [-0.4, -0.2) is 11.7 Å². The number of nitrogens with one attached hydrogen (secondary N) is 2. The Balaban J connectivity index is 1.53. The molecule has 4 aromatic rings. The molecule has 0 bridgehead atoms. The van der Waals surface area contributed by atoms with Gasteiger partial charge < -0.3 is 15.1 Å². The summed E-state index contributed by atoms with van der Waals surface area (Å²) in [5, 5.41) is 5.70. The summed E-state index contributed by atoms with van der Waals surface area (Å²) < 4.78 is 32.2. The van der Waals surface area contributed by atoms with Crippen LogP contribution in [0.2, 0.25) is 5.02 Å². The highest BCUT2D eigenvalue weighted by Gasteiger charge is 2.18. The van der Waals surface area contributed by atoms with Crippen LogP contribution in [0.5, 0.6) is 0 Å². The second-order valence-corrected chi connectivity index (χ2v) is 7.97. The van der Waals surface area contributed by atoms with Crippen molar-refractivity contribution in [3.05, 3.63) is 118 Å². The molecule has 8 heteroatoms. The van der Waals surface area contributed by atoms with E-state index < -0.39 is 11.6 Å². The minimum Gasteiger partial charge on any atom is -0.467 e. The molecule has 0 aliphatic rings. The van der Waals surface area contributed by atoms with Gasteiger partial charge in [0, 0.05) is 28.4 Å². The predicted octanol–water partition coefficient (Wildman–Crippen LogP) is 6.42. The lowest BCUT2D eigenvalue weighted by Gasteiger charge is -2.12. The van der Waals surface area contributed by atoms with Crippen molar-refractivity contribution in [1.29, 1.82) is 0 Å². The lowest BCUT2D eigenvalue weighted by atomic mass is 9.96. The van der Waals surface area contributed by atoms with Crippen LogP contribution in [0.25, 0.3) is 0 Å². The Labute approximate surface area is 199 Å². The SMILES string of the molecule is Cc1ccc(C(=O)NCc2ccco2)cc1C(=O)c1ccc(Nc2ccc(F)cc2F)cc1Cl. The van der Waals surface area contributed by atoms with Crippen molar-refractivity contribution >= 4 is 34.7 Å². The van der Waals surface area contributed by atoms with Gasteiger partial charge in [0.25, 0.3) is 5.91 Å². The Bertz CT molecular complexity index is 1370. The minimum atomic E-state index is -0.756. The van der Waals surface area contributed by atoms with Crippen LogP contribution in [0, 0.1) is 18.6 Å². The van der Waals surface area contributed by atoms with Crippen molar-refractivity contribution in [1.82, 2.24) is 5.32 Å². The first-order valence-electron chi connectivity index (χ1n) is 10.3. The van der Waals surface area contributed by atoms with Crippen molar-refractivity contribution < 1.29 is 22.8 Å². The molecular weight excluding hydrogens is 462 g/mol. The van der Waals surface area contributed by atoms with Crippen molar-refractivity contribution in [3.63, 3.8) is 0 Å². The molecule has 1 heterocycles. The summed E-state index contributed by atoms with van der Waals surface area (Å²) in [5.74, 6) is -1.54. The van der Waals surface area contributed by atoms with E-state index in [0.717, 1.165) is 12.1 Å². The number of hydrogen-bond acceptors (Lipinski definition) is 4. The summed E-state index contributed by atoms with van der Waals surface area (Å²) in [6.07, 6.45) is 1.52. The number of amides is 1. The molecule has 0 fully saturated rings. The van der Waals surface area contributed by atoms with E-state index in [1.54, 1.807) is 37.3 Å². The third-order valence-electron chi connectivity index (χ3n) is 5.17. The first-order valence-corrected chi connectivity index (χ1v) is 10.7. The summed E-state index contributed by atoms with van der Waals surface area (Å²) >= 11 is 6.36. The molecule has 0 saturated heterocycles. The van der Waals surface area contributed by atoms with Gasteiger partial charge in [-0.3, -0.25) is 9.59 Å². The normalized spacial score (nSPS) is 10.7. The number of carbonyl (C=O) groups excluding carboxylic acids is 2. The Morgan fingerprint density at radius 2 is 1.79 bits per heavy atom. The third-order valence-corrected chi connectivity index (χ3v) is 5.48. The van der Waals surface area contributed by atoms with E-state index >= 15 is 0 Å². The van der Waals surface area contributed by atoms with Crippen molar-refractivity contribution in [2.45, 2.75) is 13.5 Å². The van der Waals surface area contributed by atoms with E-state index in [1.807, 2.05) is 0 Å². The molecule has 1 amide bonds. The van der Waals surface area contributed by atoms with Crippen molar-refractivity contribution in [2.24, 2.45) is 0 Å². The Kier molecular flexibility index (Phi) is 6.75. The number of halogens is 3. The summed E-state index contributed by atoms with van der Waals surface area (Å²) in [6, 6.07) is 16.0. The van der Waals surface area contributed by atoms with Gasteiger partial charge in [-0.1, -0.05) is 17.7 Å². The zero-order valence-electron chi connectivity index (χ0n) is 18.0. The first kappa shape index (κ1) is 23.2. The van der Waals surface area contributed by atoms with Gasteiger partial charge in [0.2, 0.25) is 0 Å². The monoisotopic (exact) mass is 480 g/mol. The Morgan fingerprint density at radius 1 is 0.971 bits per heavy atom. The van der Waals surface area contributed by atoms with Gasteiger partial charge in [0.05, 0.1) is 23.5 Å². The van der Waals surface area contributed by atoms with Crippen LogP contribution >= 0.6 is 11.6 Å². The smallest absolute Gasteiger partial charge is 0.251 e. The standard InChI is InChI=1S/C26H19ClF2N2O3/c1-15-4-5-16(26(33)30-14-19-3-2-10-34-19)11-21(15)25(32)20-8-7-18(13-22(20)27)31-24-9-6-17(28)12-23(24)29/h2-13,31H,14H2,1H3,(H,30,33). The highest BCUT2D eigenvalue weighted by atomic mass is 35.5. The zero-order valence-corrected chi connectivity index (χ0v) is 18.7. The van der Waals surface area contributed by atoms with Crippen molar-refractivity contribution in [2.75, 3.05) is 5.32 Å². The van der Waals surface area contributed by atoms with Crippen LogP contribution in [0.1, 0.15) is 37.6 Å². The molecule has 0 unspecified atom stereocenters. The van der Waals surface area contributed by atoms with E-state index in [9.17, 15) is 18.4 Å². The van der Waals surface area contributed by atoms with Gasteiger partial charge in [0.15, 0.2) is 5.78 Å². The molecular formula is C26H19ClF2N2O3. The zero-order chi connectivity index (χ0) is 24.2. The number of aryl methyl sites for hydroxylation is 1. The second kappa shape index (κ2) is 9.89. The molecule has 0 spiro atoms. The van der Waals surface area contributed by atoms with Crippen LogP contribution in [0.3, 0.4) is 0 Å². The Hall–Kier alpha value is -3.97. The molecule has 4 rings (SSSR count). The van der Waals surface area contributed by atoms with Gasteiger partial charge in [-0.15, -0.1) is 0 Å². The molecule has 34 heavy (non-hydrogen) atoms. The molecule has 3 aromatic carbocycles. The fourth-order valence-corrected chi connectivity index (χ4v) is 3.63. The third kappa shape index (κ3) is 5.15. The average molecular weight is 481 g/mol. The van der Waals surface area contributed by atoms with Crippen molar-refractivity contribution in [3.8, 4) is 0 Å². The minimum absolute atomic E-state index is 0.0700. The van der Waals surface area contributed by atoms with E-state index in [1.165, 1.54) is 30.5 Å². The summed E-state index contributed by atoms with van der Waals surface area (Å²) in [6.45, 7) is 1.98. The maximum Gasteiger partial charge on any atom is 0.251 e. The lowest BCUT2D eigenvalue weighted by Crippen LogP contribution is -2.23. The molecule has 0 radical (unpaired) electrons. The Morgan fingerprint density at radius 3 is 2.50 bits per heavy atom. The summed E-state index contributed by atoms with van der Waals surface area (Å²) in [5.41, 5.74) is 2.05. The van der Waals surface area contributed by atoms with Gasteiger partial charge in [-0.25, -0.2) is 8.78 Å². The summed E-state index contributed by atoms with van der Waals surface area (Å²) in [7, 11) is 0. The van der Waals surface area contributed by atoms with E-state index in [4.69, 9.17) is 16.0 Å². The van der Waals surface area contributed by atoms with Gasteiger partial charge in [-0.05, 0) is 67.1 Å². The molecule has 0 aliphatic carbocycles. The van der Waals surface area contributed by atoms with E-state index in [0.29, 0.717) is 28.1 Å². The van der Waals surface area contributed by atoms with Crippen LogP contribution in [0.4, 0.5) is 20.2 Å². The molecule has 2 N–H and O–H groups in total. The van der Waals surface area contributed by atoms with E-state index in [-0.39, 0.29) is 34.5 Å². The fourth-order valence-electron chi connectivity index (χ4n) is 3.36. The largest absolute Gasteiger partial charge is 0.467 e. The second-order valence-electron chi connectivity index (χ2n) is 7.56. The number of hydrogen-bond donors (Lipinski definition) is 2. The first-order chi connectivity index (χ1) is 16.3. The molecule has 0 aliphatic heterocycles. The number of anilines is 2. The predicted molar refractivity (Wildman–Crippen MR) is 126 cm³/mol. The number of rotatable bonds is 7. The van der Waals surface area contributed by atoms with Gasteiger partial charge >= 0.3 is 0 Å². The van der Waals surface area contributed by atoms with Gasteiger partial charge in [-0.2, -0.15) is 0 Å². The molecule has 0 atom stereocenters. The van der Waals surface area contributed by atoms with Gasteiger partial charge in [0.1, 0.15) is 17.4 Å². The highest BCUT2D eigenvalue weighted by Crippen LogP contribution is 2.28. The number of furan rings is 1. The maximum atomic E-state index is 13.9. The summed E-state index contributed by atoms with van der Waals surface area (Å²) in [4.78, 5) is 25.8. The van der Waals surface area contributed by atoms with E-state index in [2.05, 4.69) is 10.6 Å². The quantitative estimate of drug-likeness (QED) is 0.299. The van der Waals surface area contributed by atoms with Crippen LogP contribution in [0.15, 0.2) is 77.4 Å². The lowest BCUT2D eigenvalue weighted by molar-refractivity contribution is 0.0948. The number of benzene rings is 3. The fraction of sp³-hybridized carbons (Fsp3) is 0.0769. The molecule has 172 valence electrons. The van der Waals surface area contributed by atoms with Crippen LogP contribution in [-0.2, 0) is 6.54 Å². The molecule has 5 nitrogen and oxygen atoms in total. The molecule has 0 saturated carbocycles. The average Bonchev–Trinajstić information content (AvgIpc) is 3.33. The number of ketones is 1. The topological polar surface area (TPSA) is 71.3 Å².